The van der Waals surface area contributed by atoms with Crippen LogP contribution in [0.4, 0.5) is 5.13 Å². The smallest absolute Gasteiger partial charge is 0.205 e. The Morgan fingerprint density at radius 2 is 1.79 bits per heavy atom. The van der Waals surface area contributed by atoms with E-state index in [9.17, 15) is 0 Å². The summed E-state index contributed by atoms with van der Waals surface area (Å²) >= 11 is 1.63. The molecule has 0 aliphatic carbocycles. The Kier molecular flexibility index (Phi) is 4.91. The van der Waals surface area contributed by atoms with Crippen LogP contribution in [0.5, 0.6) is 0 Å². The molecule has 2 rings (SSSR count). The number of aromatic nitrogens is 2. The predicted molar refractivity (Wildman–Crippen MR) is 81.6 cm³/mol. The van der Waals surface area contributed by atoms with E-state index in [1.807, 2.05) is 0 Å². The Balaban J connectivity index is 1.89. The lowest BCUT2D eigenvalue weighted by molar-refractivity contribution is 0.647. The van der Waals surface area contributed by atoms with Crippen molar-refractivity contribution in [2.75, 3.05) is 5.32 Å². The van der Waals surface area contributed by atoms with Crippen molar-refractivity contribution in [3.8, 4) is 0 Å². The largest absolute Gasteiger partial charge is 0.356 e. The van der Waals surface area contributed by atoms with E-state index < -0.39 is 0 Å². The molecule has 0 spiro atoms. The molecule has 0 aliphatic rings. The standard InChI is InChI=1S/C15H21N3S/c1-4-14-17-18-15(19-14)16-10-13-7-5-12(6-8-13)9-11(2)3/h5-8,11H,4,9-10H2,1-3H3,(H,16,18). The molecule has 1 N–H and O–H groups in total. The van der Waals surface area contributed by atoms with E-state index >= 15 is 0 Å². The topological polar surface area (TPSA) is 37.8 Å². The molecular formula is C15H21N3S. The molecule has 0 saturated heterocycles. The number of hydrogen-bond acceptors (Lipinski definition) is 4. The van der Waals surface area contributed by atoms with Gasteiger partial charge in [-0.05, 0) is 29.9 Å². The van der Waals surface area contributed by atoms with Crippen LogP contribution in [0, 0.1) is 5.92 Å². The average molecular weight is 275 g/mol. The van der Waals surface area contributed by atoms with Gasteiger partial charge in [-0.3, -0.25) is 0 Å². The molecule has 1 aromatic heterocycles. The van der Waals surface area contributed by atoms with Gasteiger partial charge in [0.1, 0.15) is 5.01 Å². The minimum atomic E-state index is 0.706. The zero-order chi connectivity index (χ0) is 13.7. The minimum absolute atomic E-state index is 0.706. The van der Waals surface area contributed by atoms with Crippen LogP contribution in [-0.2, 0) is 19.4 Å². The summed E-state index contributed by atoms with van der Waals surface area (Å²) in [5.41, 5.74) is 2.68. The molecular weight excluding hydrogens is 254 g/mol. The fourth-order valence-corrected chi connectivity index (χ4v) is 2.59. The molecule has 1 aromatic carbocycles. The molecule has 102 valence electrons. The van der Waals surface area contributed by atoms with Crippen LogP contribution in [0.3, 0.4) is 0 Å². The van der Waals surface area contributed by atoms with Gasteiger partial charge in [-0.2, -0.15) is 0 Å². The second kappa shape index (κ2) is 6.66. The third-order valence-corrected chi connectivity index (χ3v) is 3.91. The first-order chi connectivity index (χ1) is 9.17. The summed E-state index contributed by atoms with van der Waals surface area (Å²) in [6.45, 7) is 7.39. The zero-order valence-corrected chi connectivity index (χ0v) is 12.6. The highest BCUT2D eigenvalue weighted by Crippen LogP contribution is 2.17. The average Bonchev–Trinajstić information content (AvgIpc) is 2.85. The number of nitrogens with zero attached hydrogens (tertiary/aromatic N) is 2. The highest BCUT2D eigenvalue weighted by molar-refractivity contribution is 7.15. The number of hydrogen-bond donors (Lipinski definition) is 1. The quantitative estimate of drug-likeness (QED) is 0.868. The molecule has 2 aromatic rings. The van der Waals surface area contributed by atoms with E-state index in [0.717, 1.165) is 29.5 Å². The first kappa shape index (κ1) is 14.0. The minimum Gasteiger partial charge on any atom is -0.356 e. The molecule has 0 bridgehead atoms. The van der Waals surface area contributed by atoms with E-state index in [1.54, 1.807) is 11.3 Å². The summed E-state index contributed by atoms with van der Waals surface area (Å²) in [5, 5.41) is 13.5. The van der Waals surface area contributed by atoms with Crippen LogP contribution < -0.4 is 5.32 Å². The maximum Gasteiger partial charge on any atom is 0.205 e. The van der Waals surface area contributed by atoms with E-state index in [1.165, 1.54) is 11.1 Å². The lowest BCUT2D eigenvalue weighted by Gasteiger charge is -2.06. The van der Waals surface area contributed by atoms with Crippen molar-refractivity contribution in [3.05, 3.63) is 40.4 Å². The van der Waals surface area contributed by atoms with Crippen LogP contribution in [0.25, 0.3) is 0 Å². The molecule has 0 radical (unpaired) electrons. The van der Waals surface area contributed by atoms with Crippen molar-refractivity contribution in [1.29, 1.82) is 0 Å². The van der Waals surface area contributed by atoms with Crippen molar-refractivity contribution in [2.45, 2.75) is 40.2 Å². The summed E-state index contributed by atoms with van der Waals surface area (Å²) < 4.78 is 0. The third kappa shape index (κ3) is 4.31. The Hall–Kier alpha value is -1.42. The van der Waals surface area contributed by atoms with Crippen LogP contribution in [0.1, 0.15) is 36.9 Å². The molecule has 0 amide bonds. The van der Waals surface area contributed by atoms with E-state index in [0.29, 0.717) is 5.92 Å². The Morgan fingerprint density at radius 3 is 2.37 bits per heavy atom. The highest BCUT2D eigenvalue weighted by Gasteiger charge is 2.02. The first-order valence-corrected chi connectivity index (χ1v) is 7.63. The van der Waals surface area contributed by atoms with E-state index in [4.69, 9.17) is 0 Å². The Morgan fingerprint density at radius 1 is 1.11 bits per heavy atom. The predicted octanol–water partition coefficient (Wildman–Crippen LogP) is 3.91. The van der Waals surface area contributed by atoms with Crippen LogP contribution >= 0.6 is 11.3 Å². The van der Waals surface area contributed by atoms with Gasteiger partial charge in [-0.1, -0.05) is 56.4 Å². The van der Waals surface area contributed by atoms with Crippen LogP contribution in [0.2, 0.25) is 0 Å². The lowest BCUT2D eigenvalue weighted by Crippen LogP contribution is -2.00. The van der Waals surface area contributed by atoms with Gasteiger partial charge in [-0.25, -0.2) is 0 Å². The maximum absolute atomic E-state index is 4.12. The van der Waals surface area contributed by atoms with Crippen molar-refractivity contribution in [2.24, 2.45) is 5.92 Å². The van der Waals surface area contributed by atoms with Crippen molar-refractivity contribution in [3.63, 3.8) is 0 Å². The number of aryl methyl sites for hydroxylation is 1. The molecule has 0 aliphatic heterocycles. The van der Waals surface area contributed by atoms with Gasteiger partial charge in [0.25, 0.3) is 0 Å². The van der Waals surface area contributed by atoms with Crippen molar-refractivity contribution < 1.29 is 0 Å². The molecule has 0 saturated carbocycles. The monoisotopic (exact) mass is 275 g/mol. The summed E-state index contributed by atoms with van der Waals surface area (Å²) in [4.78, 5) is 0. The van der Waals surface area contributed by atoms with Gasteiger partial charge in [0, 0.05) is 6.54 Å². The fourth-order valence-electron chi connectivity index (χ4n) is 1.91. The first-order valence-electron chi connectivity index (χ1n) is 6.81. The van der Waals surface area contributed by atoms with Crippen LogP contribution in [0.15, 0.2) is 24.3 Å². The number of benzene rings is 1. The maximum atomic E-state index is 4.12. The molecule has 0 unspecified atom stereocenters. The van der Waals surface area contributed by atoms with Crippen LogP contribution in [-0.4, -0.2) is 10.2 Å². The molecule has 3 nitrogen and oxygen atoms in total. The van der Waals surface area contributed by atoms with Crippen molar-refractivity contribution >= 4 is 16.5 Å². The normalized spacial score (nSPS) is 10.9. The molecule has 0 fully saturated rings. The SMILES string of the molecule is CCc1nnc(NCc2ccc(CC(C)C)cc2)s1. The summed E-state index contributed by atoms with van der Waals surface area (Å²) in [6, 6.07) is 8.81. The Bertz CT molecular complexity index is 502. The molecule has 1 heterocycles. The van der Waals surface area contributed by atoms with Gasteiger partial charge >= 0.3 is 0 Å². The van der Waals surface area contributed by atoms with E-state index in [-0.39, 0.29) is 0 Å². The molecule has 4 heteroatoms. The summed E-state index contributed by atoms with van der Waals surface area (Å²) in [7, 11) is 0. The lowest BCUT2D eigenvalue weighted by atomic mass is 10.0. The number of anilines is 1. The Labute approximate surface area is 119 Å². The zero-order valence-electron chi connectivity index (χ0n) is 11.8. The number of nitrogens with one attached hydrogen (secondary N) is 1. The number of rotatable bonds is 6. The van der Waals surface area contributed by atoms with E-state index in [2.05, 4.69) is 60.6 Å². The van der Waals surface area contributed by atoms with Gasteiger partial charge in [-0.15, -0.1) is 10.2 Å². The molecule has 19 heavy (non-hydrogen) atoms. The summed E-state index contributed by atoms with van der Waals surface area (Å²) in [6.07, 6.45) is 2.09. The van der Waals surface area contributed by atoms with Gasteiger partial charge < -0.3 is 5.32 Å². The second-order valence-corrected chi connectivity index (χ2v) is 6.18. The molecule has 0 atom stereocenters. The van der Waals surface area contributed by atoms with Crippen molar-refractivity contribution in [1.82, 2.24) is 10.2 Å². The third-order valence-electron chi connectivity index (χ3n) is 2.88. The fraction of sp³-hybridized carbons (Fsp3) is 0.467. The summed E-state index contributed by atoms with van der Waals surface area (Å²) in [5.74, 6) is 0.706. The van der Waals surface area contributed by atoms with Gasteiger partial charge in [0.05, 0.1) is 0 Å². The van der Waals surface area contributed by atoms with Gasteiger partial charge in [0.15, 0.2) is 0 Å². The van der Waals surface area contributed by atoms with Gasteiger partial charge in [0.2, 0.25) is 5.13 Å². The second-order valence-electron chi connectivity index (χ2n) is 5.12. The highest BCUT2D eigenvalue weighted by atomic mass is 32.1.